The summed E-state index contributed by atoms with van der Waals surface area (Å²) in [6, 6.07) is 16.3. The van der Waals surface area contributed by atoms with Gasteiger partial charge >= 0.3 is 0 Å². The molecule has 2 heterocycles. The van der Waals surface area contributed by atoms with Gasteiger partial charge in [-0.15, -0.1) is 16.4 Å². The molecule has 0 amide bonds. The molecule has 2 aromatic carbocycles. The predicted octanol–water partition coefficient (Wildman–Crippen LogP) is 3.11. The van der Waals surface area contributed by atoms with Crippen LogP contribution < -0.4 is 10.7 Å². The smallest absolute Gasteiger partial charge is 0.240 e. The van der Waals surface area contributed by atoms with Crippen molar-refractivity contribution in [1.82, 2.24) is 5.43 Å². The number of fused-ring (bicyclic) bond motifs is 1. The largest absolute Gasteiger partial charge is 0.448 e. The number of hydrogen-bond donors (Lipinski definition) is 3. The number of aliphatic hydroxyl groups excluding tert-OH is 1. The Bertz CT molecular complexity index is 1150. The number of nitrogens with zero attached hydrogens (tertiary/aromatic N) is 3. The summed E-state index contributed by atoms with van der Waals surface area (Å²) in [5, 5.41) is 39.0. The molecule has 1 aliphatic heterocycles. The van der Waals surface area contributed by atoms with Crippen LogP contribution in [0.4, 0.5) is 5.69 Å². The minimum Gasteiger partial charge on any atom is -0.448 e. The number of aliphatic hydroxyl groups is 1. The molecule has 0 saturated heterocycles. The highest BCUT2D eigenvalue weighted by Gasteiger charge is 2.33. The van der Waals surface area contributed by atoms with Crippen LogP contribution >= 0.6 is 11.3 Å². The van der Waals surface area contributed by atoms with E-state index in [-0.39, 0.29) is 0 Å². The third-order valence-electron chi connectivity index (χ3n) is 4.70. The van der Waals surface area contributed by atoms with Gasteiger partial charge < -0.3 is 15.2 Å². The number of thiophene rings is 1. The van der Waals surface area contributed by atoms with Crippen molar-refractivity contribution in [3.8, 4) is 12.1 Å². The Labute approximate surface area is 171 Å². The standard InChI is InChI=1S/C21H17N5O2S/c1-12(27)18(24-17-7-6-15(11-23)19-16(17)8-9-29-19)21-26-25-20(28-21)14-4-2-13(10-22)3-5-14/h2-9,12,18,21,24,26-27H,1H3/t12-,18-,21?/m1/s1. The first-order valence-corrected chi connectivity index (χ1v) is 9.84. The van der Waals surface area contributed by atoms with Crippen LogP contribution in [0.15, 0.2) is 52.9 Å². The monoisotopic (exact) mass is 403 g/mol. The zero-order valence-corrected chi connectivity index (χ0v) is 16.3. The predicted molar refractivity (Wildman–Crippen MR) is 111 cm³/mol. The number of nitriles is 2. The second-order valence-corrected chi connectivity index (χ2v) is 7.54. The molecule has 0 spiro atoms. The fourth-order valence-corrected chi connectivity index (χ4v) is 4.06. The van der Waals surface area contributed by atoms with E-state index in [0.717, 1.165) is 21.3 Å². The lowest BCUT2D eigenvalue weighted by atomic mass is 10.1. The third kappa shape index (κ3) is 3.59. The van der Waals surface area contributed by atoms with Gasteiger partial charge in [0.1, 0.15) is 12.1 Å². The molecule has 1 aliphatic rings. The van der Waals surface area contributed by atoms with Crippen LogP contribution in [-0.2, 0) is 4.74 Å². The van der Waals surface area contributed by atoms with Gasteiger partial charge in [0, 0.05) is 16.6 Å². The lowest BCUT2D eigenvalue weighted by Gasteiger charge is -2.27. The van der Waals surface area contributed by atoms with Crippen LogP contribution in [-0.4, -0.2) is 29.4 Å². The first-order chi connectivity index (χ1) is 14.1. The van der Waals surface area contributed by atoms with Crippen LogP contribution in [0.2, 0.25) is 0 Å². The van der Waals surface area contributed by atoms with Gasteiger partial charge in [-0.2, -0.15) is 10.5 Å². The van der Waals surface area contributed by atoms with Gasteiger partial charge in [0.25, 0.3) is 0 Å². The second kappa shape index (κ2) is 7.80. The van der Waals surface area contributed by atoms with Gasteiger partial charge in [0.15, 0.2) is 0 Å². The van der Waals surface area contributed by atoms with Crippen LogP contribution in [0.1, 0.15) is 23.6 Å². The molecule has 0 radical (unpaired) electrons. The Kier molecular flexibility index (Phi) is 5.05. The molecule has 7 nitrogen and oxygen atoms in total. The van der Waals surface area contributed by atoms with Gasteiger partial charge in [-0.25, -0.2) is 0 Å². The topological polar surface area (TPSA) is 113 Å². The average Bonchev–Trinajstić information content (AvgIpc) is 3.42. The van der Waals surface area contributed by atoms with Crippen molar-refractivity contribution in [2.45, 2.75) is 25.3 Å². The molecule has 4 rings (SSSR count). The molecule has 3 atom stereocenters. The number of hydrogen-bond acceptors (Lipinski definition) is 8. The van der Waals surface area contributed by atoms with E-state index in [1.54, 1.807) is 37.3 Å². The highest BCUT2D eigenvalue weighted by molar-refractivity contribution is 7.17. The minimum atomic E-state index is -0.743. The van der Waals surface area contributed by atoms with Crippen molar-refractivity contribution in [3.63, 3.8) is 0 Å². The van der Waals surface area contributed by atoms with Crippen LogP contribution in [0.3, 0.4) is 0 Å². The third-order valence-corrected chi connectivity index (χ3v) is 5.65. The van der Waals surface area contributed by atoms with Crippen molar-refractivity contribution in [3.05, 3.63) is 64.5 Å². The van der Waals surface area contributed by atoms with E-state index < -0.39 is 18.4 Å². The Morgan fingerprint density at radius 2 is 1.97 bits per heavy atom. The minimum absolute atomic E-state index is 0.396. The molecule has 8 heteroatoms. The fourth-order valence-electron chi connectivity index (χ4n) is 3.17. The summed E-state index contributed by atoms with van der Waals surface area (Å²) in [5.74, 6) is 0.396. The maximum absolute atomic E-state index is 10.4. The molecule has 144 valence electrons. The summed E-state index contributed by atoms with van der Waals surface area (Å²) in [6.45, 7) is 1.68. The molecule has 3 N–H and O–H groups in total. The van der Waals surface area contributed by atoms with Crippen molar-refractivity contribution in [2.75, 3.05) is 5.32 Å². The van der Waals surface area contributed by atoms with E-state index in [0.29, 0.717) is 17.0 Å². The van der Waals surface area contributed by atoms with E-state index in [1.165, 1.54) is 11.3 Å². The van der Waals surface area contributed by atoms with Gasteiger partial charge in [0.05, 0.1) is 28.0 Å². The molecule has 0 saturated carbocycles. The van der Waals surface area contributed by atoms with Gasteiger partial charge in [-0.05, 0) is 54.8 Å². The van der Waals surface area contributed by atoms with Crippen molar-refractivity contribution < 1.29 is 9.84 Å². The van der Waals surface area contributed by atoms with Crippen LogP contribution in [0.25, 0.3) is 10.1 Å². The highest BCUT2D eigenvalue weighted by Crippen LogP contribution is 2.32. The summed E-state index contributed by atoms with van der Waals surface area (Å²) in [6.07, 6.45) is -1.34. The van der Waals surface area contributed by atoms with Crippen molar-refractivity contribution >= 4 is 33.0 Å². The summed E-state index contributed by atoms with van der Waals surface area (Å²) >= 11 is 1.50. The normalized spacial score (nSPS) is 17.4. The fraction of sp³-hybridized carbons (Fsp3) is 0.190. The van der Waals surface area contributed by atoms with Crippen LogP contribution in [0.5, 0.6) is 0 Å². The summed E-state index contributed by atoms with van der Waals surface area (Å²) < 4.78 is 6.84. The quantitative estimate of drug-likeness (QED) is 0.603. The number of anilines is 1. The number of nitrogens with one attached hydrogen (secondary N) is 2. The molecule has 0 aliphatic carbocycles. The second-order valence-electron chi connectivity index (χ2n) is 6.62. The van der Waals surface area contributed by atoms with E-state index in [1.807, 2.05) is 17.5 Å². The van der Waals surface area contributed by atoms with Gasteiger partial charge in [-0.3, -0.25) is 5.43 Å². The van der Waals surface area contributed by atoms with E-state index >= 15 is 0 Å². The number of rotatable bonds is 5. The molecular weight excluding hydrogens is 386 g/mol. The lowest BCUT2D eigenvalue weighted by Crippen LogP contribution is -2.47. The van der Waals surface area contributed by atoms with E-state index in [4.69, 9.17) is 10.00 Å². The number of ether oxygens (including phenoxy) is 1. The average molecular weight is 403 g/mol. The van der Waals surface area contributed by atoms with Crippen molar-refractivity contribution in [2.24, 2.45) is 5.10 Å². The first-order valence-electron chi connectivity index (χ1n) is 8.96. The van der Waals surface area contributed by atoms with Crippen LogP contribution in [0, 0.1) is 22.7 Å². The maximum Gasteiger partial charge on any atom is 0.240 e. The lowest BCUT2D eigenvalue weighted by molar-refractivity contribution is 0.0797. The molecule has 1 unspecified atom stereocenters. The molecule has 0 bridgehead atoms. The molecule has 29 heavy (non-hydrogen) atoms. The Hall–Kier alpha value is -3.59. The Balaban J connectivity index is 1.55. The summed E-state index contributed by atoms with van der Waals surface area (Å²) in [7, 11) is 0. The van der Waals surface area contributed by atoms with E-state index in [2.05, 4.69) is 28.0 Å². The SMILES string of the molecule is C[C@@H](O)[C@@H](Nc1ccc(C#N)c2sccc12)C1NN=C(c2ccc(C#N)cc2)O1. The number of hydrazone groups is 1. The summed E-state index contributed by atoms with van der Waals surface area (Å²) in [4.78, 5) is 0. The first kappa shape index (κ1) is 18.8. The van der Waals surface area contributed by atoms with Crippen molar-refractivity contribution in [1.29, 1.82) is 10.5 Å². The summed E-state index contributed by atoms with van der Waals surface area (Å²) in [5.41, 5.74) is 5.65. The maximum atomic E-state index is 10.4. The number of benzene rings is 2. The Morgan fingerprint density at radius 1 is 1.17 bits per heavy atom. The van der Waals surface area contributed by atoms with Gasteiger partial charge in [0.2, 0.25) is 12.1 Å². The van der Waals surface area contributed by atoms with E-state index in [9.17, 15) is 10.4 Å². The Morgan fingerprint density at radius 3 is 2.66 bits per heavy atom. The molecule has 1 aromatic heterocycles. The highest BCUT2D eigenvalue weighted by atomic mass is 32.1. The zero-order chi connectivity index (χ0) is 20.4. The molecular formula is C21H17N5O2S. The molecule has 0 fully saturated rings. The molecule has 3 aromatic rings. The zero-order valence-electron chi connectivity index (χ0n) is 15.5. The van der Waals surface area contributed by atoms with Gasteiger partial charge in [-0.1, -0.05) is 0 Å².